The van der Waals surface area contributed by atoms with Crippen molar-refractivity contribution in [1.82, 2.24) is 19.8 Å². The number of aromatic nitrogens is 2. The molecule has 1 aromatic rings. The van der Waals surface area contributed by atoms with Crippen LogP contribution in [0, 0.1) is 0 Å². The molecular weight excluding hydrogens is 266 g/mol. The molecule has 1 aliphatic heterocycles. The van der Waals surface area contributed by atoms with Crippen molar-refractivity contribution in [2.45, 2.75) is 45.2 Å². The Labute approximate surface area is 117 Å². The first-order valence-corrected chi connectivity index (χ1v) is 6.94. The quantitative estimate of drug-likeness (QED) is 0.924. The predicted molar refractivity (Wildman–Crippen MR) is 70.6 cm³/mol. The summed E-state index contributed by atoms with van der Waals surface area (Å²) in [5, 5.41) is 2.78. The largest absolute Gasteiger partial charge is 0.338 e. The van der Waals surface area contributed by atoms with Crippen molar-refractivity contribution in [2.75, 3.05) is 13.1 Å². The zero-order valence-corrected chi connectivity index (χ0v) is 11.6. The number of piperidine rings is 1. The van der Waals surface area contributed by atoms with Crippen LogP contribution >= 0.6 is 0 Å². The summed E-state index contributed by atoms with van der Waals surface area (Å²) >= 11 is 0. The lowest BCUT2D eigenvalue weighted by Gasteiger charge is -2.33. The van der Waals surface area contributed by atoms with E-state index in [1.54, 1.807) is 0 Å². The van der Waals surface area contributed by atoms with Gasteiger partial charge in [-0.2, -0.15) is 8.78 Å². The fourth-order valence-corrected chi connectivity index (χ4v) is 2.50. The van der Waals surface area contributed by atoms with E-state index in [-0.39, 0.29) is 17.9 Å². The van der Waals surface area contributed by atoms with Gasteiger partial charge < -0.3 is 10.2 Å². The van der Waals surface area contributed by atoms with Crippen molar-refractivity contribution in [3.05, 3.63) is 18.2 Å². The summed E-state index contributed by atoms with van der Waals surface area (Å²) in [6, 6.07) is 0.124. The van der Waals surface area contributed by atoms with Crippen LogP contribution in [0.2, 0.25) is 0 Å². The molecule has 0 bridgehead atoms. The highest BCUT2D eigenvalue weighted by Gasteiger charge is 2.22. The smallest absolute Gasteiger partial charge is 0.319 e. The zero-order chi connectivity index (χ0) is 14.5. The maximum absolute atomic E-state index is 12.6. The van der Waals surface area contributed by atoms with E-state index in [0.29, 0.717) is 13.0 Å². The summed E-state index contributed by atoms with van der Waals surface area (Å²) in [4.78, 5) is 17.7. The Bertz CT molecular complexity index is 449. The number of nitrogens with one attached hydrogen (secondary N) is 1. The minimum atomic E-state index is -2.59. The molecule has 1 aromatic heterocycles. The maximum Gasteiger partial charge on any atom is 0.319 e. The lowest BCUT2D eigenvalue weighted by molar-refractivity contribution is 0.0670. The number of hydrogen-bond acceptors (Lipinski definition) is 2. The number of nitrogens with zero attached hydrogens (tertiary/aromatic N) is 3. The van der Waals surface area contributed by atoms with Crippen LogP contribution in [0.5, 0.6) is 0 Å². The molecule has 2 amide bonds. The summed E-state index contributed by atoms with van der Waals surface area (Å²) in [5.74, 6) is 0.284. The van der Waals surface area contributed by atoms with E-state index in [2.05, 4.69) is 10.3 Å². The first kappa shape index (κ1) is 14.7. The van der Waals surface area contributed by atoms with Crippen LogP contribution in [0.3, 0.4) is 0 Å². The maximum atomic E-state index is 12.6. The predicted octanol–water partition coefficient (Wildman–Crippen LogP) is 2.40. The molecular formula is C13H20F2N4O. The van der Waals surface area contributed by atoms with E-state index >= 15 is 0 Å². The van der Waals surface area contributed by atoms with Crippen molar-refractivity contribution >= 4 is 6.03 Å². The summed E-state index contributed by atoms with van der Waals surface area (Å²) < 4.78 is 26.0. The molecule has 7 heteroatoms. The molecule has 2 rings (SSSR count). The lowest BCUT2D eigenvalue weighted by Crippen LogP contribution is -2.47. The first-order chi connectivity index (χ1) is 9.59. The van der Waals surface area contributed by atoms with Gasteiger partial charge >= 0.3 is 12.6 Å². The Hall–Kier alpha value is -1.66. The summed E-state index contributed by atoms with van der Waals surface area (Å²) in [7, 11) is 0. The molecule has 1 atom stereocenters. The standard InChI is InChI=1S/C13H20F2N4O/c1-10-4-2-3-8-18(10)13(20)17-6-5-11-16-7-9-19(11)12(14)15/h7,9-10,12H,2-6,8H2,1H3,(H,17,20). The highest BCUT2D eigenvalue weighted by atomic mass is 19.3. The molecule has 0 spiro atoms. The van der Waals surface area contributed by atoms with Gasteiger partial charge in [-0.3, -0.25) is 4.57 Å². The average Bonchev–Trinajstić information content (AvgIpc) is 2.87. The number of hydrogen-bond donors (Lipinski definition) is 1. The summed E-state index contributed by atoms with van der Waals surface area (Å²) in [6.07, 6.45) is 6.07. The second-order valence-corrected chi connectivity index (χ2v) is 5.05. The number of rotatable bonds is 4. The lowest BCUT2D eigenvalue weighted by atomic mass is 10.0. The van der Waals surface area contributed by atoms with E-state index in [1.807, 2.05) is 11.8 Å². The molecule has 1 N–H and O–H groups in total. The minimum absolute atomic E-state index is 0.118. The Morgan fingerprint density at radius 3 is 3.05 bits per heavy atom. The van der Waals surface area contributed by atoms with Gasteiger partial charge in [-0.1, -0.05) is 0 Å². The van der Waals surface area contributed by atoms with Gasteiger partial charge in [0, 0.05) is 37.9 Å². The number of likely N-dealkylation sites (tertiary alicyclic amines) is 1. The highest BCUT2D eigenvalue weighted by Crippen LogP contribution is 2.16. The average molecular weight is 286 g/mol. The van der Waals surface area contributed by atoms with Gasteiger partial charge in [0.25, 0.3) is 0 Å². The summed E-state index contributed by atoms with van der Waals surface area (Å²) in [5.41, 5.74) is 0. The van der Waals surface area contributed by atoms with Crippen molar-refractivity contribution in [3.8, 4) is 0 Å². The molecule has 1 aliphatic rings. The number of carbonyl (C=O) groups is 1. The Morgan fingerprint density at radius 2 is 2.35 bits per heavy atom. The van der Waals surface area contributed by atoms with Crippen LogP contribution in [0.25, 0.3) is 0 Å². The number of alkyl halides is 2. The van der Waals surface area contributed by atoms with Crippen LogP contribution in [0.4, 0.5) is 13.6 Å². The van der Waals surface area contributed by atoms with Gasteiger partial charge in [-0.25, -0.2) is 9.78 Å². The van der Waals surface area contributed by atoms with Gasteiger partial charge in [0.1, 0.15) is 5.82 Å². The van der Waals surface area contributed by atoms with Crippen molar-refractivity contribution in [3.63, 3.8) is 0 Å². The fourth-order valence-electron chi connectivity index (χ4n) is 2.50. The van der Waals surface area contributed by atoms with Gasteiger partial charge in [0.05, 0.1) is 0 Å². The van der Waals surface area contributed by atoms with Crippen molar-refractivity contribution < 1.29 is 13.6 Å². The number of halogens is 2. The topological polar surface area (TPSA) is 50.2 Å². The van der Waals surface area contributed by atoms with Crippen LogP contribution < -0.4 is 5.32 Å². The number of carbonyl (C=O) groups excluding carboxylic acids is 1. The molecule has 0 aromatic carbocycles. The third-order valence-corrected chi connectivity index (χ3v) is 3.65. The molecule has 0 aliphatic carbocycles. The zero-order valence-electron chi connectivity index (χ0n) is 11.6. The van der Waals surface area contributed by atoms with E-state index in [0.717, 1.165) is 30.4 Å². The van der Waals surface area contributed by atoms with Gasteiger partial charge in [0.2, 0.25) is 0 Å². The molecule has 5 nitrogen and oxygen atoms in total. The SMILES string of the molecule is CC1CCCCN1C(=O)NCCc1nccn1C(F)F. The molecule has 0 radical (unpaired) electrons. The molecule has 1 unspecified atom stereocenters. The molecule has 20 heavy (non-hydrogen) atoms. The van der Waals surface area contributed by atoms with Crippen molar-refractivity contribution in [1.29, 1.82) is 0 Å². The normalized spacial score (nSPS) is 19.4. The molecule has 2 heterocycles. The fraction of sp³-hybridized carbons (Fsp3) is 0.692. The minimum Gasteiger partial charge on any atom is -0.338 e. The van der Waals surface area contributed by atoms with E-state index in [1.165, 1.54) is 12.4 Å². The van der Waals surface area contributed by atoms with Gasteiger partial charge in [-0.05, 0) is 26.2 Å². The van der Waals surface area contributed by atoms with E-state index in [9.17, 15) is 13.6 Å². The van der Waals surface area contributed by atoms with Crippen LogP contribution in [-0.2, 0) is 6.42 Å². The molecule has 1 saturated heterocycles. The van der Waals surface area contributed by atoms with E-state index in [4.69, 9.17) is 0 Å². The third kappa shape index (κ3) is 3.46. The number of amides is 2. The van der Waals surface area contributed by atoms with Crippen LogP contribution in [-0.4, -0.2) is 39.6 Å². The van der Waals surface area contributed by atoms with Crippen molar-refractivity contribution in [2.24, 2.45) is 0 Å². The number of imidazole rings is 1. The molecule has 0 saturated carbocycles. The van der Waals surface area contributed by atoms with Crippen LogP contribution in [0.1, 0.15) is 38.6 Å². The Balaban J connectivity index is 1.80. The molecule has 112 valence electrons. The second kappa shape index (κ2) is 6.67. The number of urea groups is 1. The highest BCUT2D eigenvalue weighted by molar-refractivity contribution is 5.74. The van der Waals surface area contributed by atoms with Crippen LogP contribution in [0.15, 0.2) is 12.4 Å². The monoisotopic (exact) mass is 286 g/mol. The first-order valence-electron chi connectivity index (χ1n) is 6.94. The second-order valence-electron chi connectivity index (χ2n) is 5.05. The Morgan fingerprint density at radius 1 is 1.55 bits per heavy atom. The molecule has 1 fully saturated rings. The third-order valence-electron chi connectivity index (χ3n) is 3.65. The van der Waals surface area contributed by atoms with E-state index < -0.39 is 6.55 Å². The Kier molecular flexibility index (Phi) is 4.92. The van der Waals surface area contributed by atoms with Gasteiger partial charge in [0.15, 0.2) is 0 Å². The summed E-state index contributed by atoms with van der Waals surface area (Å²) in [6.45, 7) is 0.512. The van der Waals surface area contributed by atoms with Gasteiger partial charge in [-0.15, -0.1) is 0 Å².